The van der Waals surface area contributed by atoms with Crippen molar-refractivity contribution in [2.24, 2.45) is 5.41 Å². The van der Waals surface area contributed by atoms with E-state index in [4.69, 9.17) is 4.74 Å². The Kier molecular flexibility index (Phi) is 7.48. The number of halogens is 1. The Balaban J connectivity index is 0.00000264. The second-order valence-electron chi connectivity index (χ2n) is 6.28. The maximum atomic E-state index is 12.6. The van der Waals surface area contributed by atoms with E-state index in [2.05, 4.69) is 10.0 Å². The normalized spacial score (nSPS) is 17.5. The number of hydrogen-bond acceptors (Lipinski definition) is 4. The monoisotopic (exact) mass is 362 g/mol. The van der Waals surface area contributed by atoms with Crippen LogP contribution in [0.3, 0.4) is 0 Å². The van der Waals surface area contributed by atoms with Gasteiger partial charge < -0.3 is 10.1 Å². The van der Waals surface area contributed by atoms with Crippen molar-refractivity contribution in [1.29, 1.82) is 0 Å². The lowest BCUT2D eigenvalue weighted by molar-refractivity contribution is 0.0577. The summed E-state index contributed by atoms with van der Waals surface area (Å²) in [6.07, 6.45) is 1.83. The maximum absolute atomic E-state index is 12.6. The van der Waals surface area contributed by atoms with E-state index in [-0.39, 0.29) is 17.8 Å². The standard InChI is InChI=1S/C16H26N2O3S.ClH/c1-13-4-5-14(2)15(10-13)22(19,20)18-11-16(12-21-3)6-8-17-9-7-16;/h4-5,10,17-18H,6-9,11-12H2,1-3H3;1H. The molecule has 0 bridgehead atoms. The Morgan fingerprint density at radius 1 is 1.26 bits per heavy atom. The van der Waals surface area contributed by atoms with Gasteiger partial charge in [0.2, 0.25) is 10.0 Å². The van der Waals surface area contributed by atoms with Crippen LogP contribution in [-0.4, -0.2) is 41.8 Å². The summed E-state index contributed by atoms with van der Waals surface area (Å²) in [5, 5.41) is 3.31. The molecule has 1 fully saturated rings. The van der Waals surface area contributed by atoms with Gasteiger partial charge in [-0.15, -0.1) is 12.4 Å². The van der Waals surface area contributed by atoms with E-state index < -0.39 is 10.0 Å². The highest BCUT2D eigenvalue weighted by Crippen LogP contribution is 2.29. The Morgan fingerprint density at radius 3 is 2.52 bits per heavy atom. The summed E-state index contributed by atoms with van der Waals surface area (Å²) in [4.78, 5) is 0.369. The van der Waals surface area contributed by atoms with E-state index in [0.29, 0.717) is 18.0 Å². The van der Waals surface area contributed by atoms with Crippen molar-refractivity contribution in [2.45, 2.75) is 31.6 Å². The van der Waals surface area contributed by atoms with Crippen LogP contribution in [0.2, 0.25) is 0 Å². The quantitative estimate of drug-likeness (QED) is 0.812. The minimum absolute atomic E-state index is 0. The fraction of sp³-hybridized carbons (Fsp3) is 0.625. The minimum Gasteiger partial charge on any atom is -0.384 e. The van der Waals surface area contributed by atoms with Crippen LogP contribution in [0.1, 0.15) is 24.0 Å². The lowest BCUT2D eigenvalue weighted by atomic mass is 9.80. The van der Waals surface area contributed by atoms with Crippen molar-refractivity contribution in [2.75, 3.05) is 33.4 Å². The number of ether oxygens (including phenoxy) is 1. The van der Waals surface area contributed by atoms with E-state index in [1.54, 1.807) is 13.2 Å². The predicted octanol–water partition coefficient (Wildman–Crippen LogP) is 2.02. The van der Waals surface area contributed by atoms with Crippen molar-refractivity contribution in [3.05, 3.63) is 29.3 Å². The van der Waals surface area contributed by atoms with E-state index in [1.165, 1.54) is 0 Å². The smallest absolute Gasteiger partial charge is 0.240 e. The van der Waals surface area contributed by atoms with Crippen molar-refractivity contribution in [3.8, 4) is 0 Å². The molecule has 1 heterocycles. The molecule has 23 heavy (non-hydrogen) atoms. The molecular formula is C16H27ClN2O3S. The zero-order valence-corrected chi connectivity index (χ0v) is 15.6. The van der Waals surface area contributed by atoms with Gasteiger partial charge in [-0.1, -0.05) is 12.1 Å². The van der Waals surface area contributed by atoms with Gasteiger partial charge in [-0.2, -0.15) is 0 Å². The Hall–Kier alpha value is -0.660. The summed E-state index contributed by atoms with van der Waals surface area (Å²) < 4.78 is 33.4. The summed E-state index contributed by atoms with van der Waals surface area (Å²) in [5.74, 6) is 0. The first kappa shape index (κ1) is 20.4. The molecule has 0 radical (unpaired) electrons. The number of nitrogens with one attached hydrogen (secondary N) is 2. The third-order valence-corrected chi connectivity index (χ3v) is 5.93. The number of methoxy groups -OCH3 is 1. The van der Waals surface area contributed by atoms with E-state index in [9.17, 15) is 8.42 Å². The van der Waals surface area contributed by atoms with Gasteiger partial charge in [-0.3, -0.25) is 0 Å². The molecule has 2 rings (SSSR count). The number of benzene rings is 1. The summed E-state index contributed by atoms with van der Waals surface area (Å²) in [6, 6.07) is 5.50. The first-order chi connectivity index (χ1) is 10.4. The largest absolute Gasteiger partial charge is 0.384 e. The second-order valence-corrected chi connectivity index (χ2v) is 8.01. The average Bonchev–Trinajstić information content (AvgIpc) is 2.49. The molecule has 132 valence electrons. The number of piperidine rings is 1. The van der Waals surface area contributed by atoms with Crippen molar-refractivity contribution in [1.82, 2.24) is 10.0 Å². The fourth-order valence-corrected chi connectivity index (χ4v) is 4.44. The number of aryl methyl sites for hydroxylation is 2. The lowest BCUT2D eigenvalue weighted by Gasteiger charge is -2.37. The third-order valence-electron chi connectivity index (χ3n) is 4.39. The highest BCUT2D eigenvalue weighted by Gasteiger charge is 2.33. The SMILES string of the molecule is COCC1(CNS(=O)(=O)c2cc(C)ccc2C)CCNCC1.Cl. The molecule has 2 N–H and O–H groups in total. The number of hydrogen-bond donors (Lipinski definition) is 2. The molecule has 1 aliphatic heterocycles. The van der Waals surface area contributed by atoms with Crippen LogP contribution in [0.25, 0.3) is 0 Å². The van der Waals surface area contributed by atoms with Crippen molar-refractivity contribution < 1.29 is 13.2 Å². The molecule has 5 nitrogen and oxygen atoms in total. The lowest BCUT2D eigenvalue weighted by Crippen LogP contribution is -2.47. The molecule has 1 aromatic carbocycles. The van der Waals surface area contributed by atoms with E-state index in [0.717, 1.165) is 37.1 Å². The van der Waals surface area contributed by atoms with Gasteiger partial charge in [-0.25, -0.2) is 13.1 Å². The Morgan fingerprint density at radius 2 is 1.91 bits per heavy atom. The molecule has 0 unspecified atom stereocenters. The minimum atomic E-state index is -3.50. The van der Waals surface area contributed by atoms with Gasteiger partial charge in [0.25, 0.3) is 0 Å². The molecule has 0 spiro atoms. The average molecular weight is 363 g/mol. The second kappa shape index (κ2) is 8.44. The van der Waals surface area contributed by atoms with Gasteiger partial charge >= 0.3 is 0 Å². The van der Waals surface area contributed by atoms with Gasteiger partial charge in [0.05, 0.1) is 11.5 Å². The van der Waals surface area contributed by atoms with Crippen LogP contribution in [0.4, 0.5) is 0 Å². The van der Waals surface area contributed by atoms with Crippen LogP contribution in [-0.2, 0) is 14.8 Å². The number of sulfonamides is 1. The molecule has 7 heteroatoms. The Labute approximate surface area is 145 Å². The van der Waals surface area contributed by atoms with Gasteiger partial charge in [0.1, 0.15) is 0 Å². The first-order valence-corrected chi connectivity index (χ1v) is 9.13. The summed E-state index contributed by atoms with van der Waals surface area (Å²) in [6.45, 7) is 6.51. The van der Waals surface area contributed by atoms with Gasteiger partial charge in [-0.05, 0) is 57.0 Å². The van der Waals surface area contributed by atoms with Crippen LogP contribution >= 0.6 is 12.4 Å². The molecular weight excluding hydrogens is 336 g/mol. The molecule has 0 aliphatic carbocycles. The predicted molar refractivity (Wildman–Crippen MR) is 94.8 cm³/mol. The molecule has 0 aromatic heterocycles. The van der Waals surface area contributed by atoms with Crippen LogP contribution in [0.15, 0.2) is 23.1 Å². The first-order valence-electron chi connectivity index (χ1n) is 7.65. The molecule has 0 atom stereocenters. The van der Waals surface area contributed by atoms with E-state index >= 15 is 0 Å². The van der Waals surface area contributed by atoms with Crippen LogP contribution in [0, 0.1) is 19.3 Å². The summed E-state index contributed by atoms with van der Waals surface area (Å²) in [5.41, 5.74) is 1.59. The molecule has 0 amide bonds. The highest BCUT2D eigenvalue weighted by atomic mass is 35.5. The van der Waals surface area contributed by atoms with Crippen molar-refractivity contribution in [3.63, 3.8) is 0 Å². The molecule has 1 saturated heterocycles. The van der Waals surface area contributed by atoms with Crippen LogP contribution in [0.5, 0.6) is 0 Å². The number of rotatable bonds is 6. The Bertz CT molecular complexity index is 608. The third kappa shape index (κ3) is 5.16. The topological polar surface area (TPSA) is 67.4 Å². The fourth-order valence-electron chi connectivity index (χ4n) is 2.96. The summed E-state index contributed by atoms with van der Waals surface area (Å²) in [7, 11) is -1.83. The molecule has 1 aromatic rings. The summed E-state index contributed by atoms with van der Waals surface area (Å²) >= 11 is 0. The maximum Gasteiger partial charge on any atom is 0.240 e. The zero-order valence-electron chi connectivity index (χ0n) is 14.0. The van der Waals surface area contributed by atoms with E-state index in [1.807, 2.05) is 26.0 Å². The molecule has 1 aliphatic rings. The van der Waals surface area contributed by atoms with Gasteiger partial charge in [0, 0.05) is 19.1 Å². The highest BCUT2D eigenvalue weighted by molar-refractivity contribution is 7.89. The zero-order chi connectivity index (χ0) is 16.2. The molecule has 0 saturated carbocycles. The van der Waals surface area contributed by atoms with Gasteiger partial charge in [0.15, 0.2) is 0 Å². The van der Waals surface area contributed by atoms with Crippen molar-refractivity contribution >= 4 is 22.4 Å². The van der Waals surface area contributed by atoms with Crippen LogP contribution < -0.4 is 10.0 Å².